The number of allylic oxidation sites excluding steroid dienone is 2. The minimum Gasteiger partial charge on any atom is -0.493 e. The molecule has 2 heterocycles. The second kappa shape index (κ2) is 10.9. The number of ether oxygens (including phenoxy) is 1. The van der Waals surface area contributed by atoms with Gasteiger partial charge in [-0.2, -0.15) is 13.2 Å². The van der Waals surface area contributed by atoms with E-state index >= 15 is 0 Å². The van der Waals surface area contributed by atoms with Crippen molar-refractivity contribution in [1.29, 1.82) is 0 Å². The lowest BCUT2D eigenvalue weighted by Crippen LogP contribution is -2.32. The zero-order valence-corrected chi connectivity index (χ0v) is 20.1. The summed E-state index contributed by atoms with van der Waals surface area (Å²) < 4.78 is 42.6. The molecule has 0 aliphatic carbocycles. The van der Waals surface area contributed by atoms with Crippen LogP contribution in [-0.4, -0.2) is 44.7 Å². The number of nitrogens with one attached hydrogen (secondary N) is 2. The van der Waals surface area contributed by atoms with Gasteiger partial charge in [0.2, 0.25) is 0 Å². The number of aromatic nitrogens is 4. The summed E-state index contributed by atoms with van der Waals surface area (Å²) in [5, 5.41) is 28.1. The largest absolute Gasteiger partial charge is 0.493 e. The van der Waals surface area contributed by atoms with Gasteiger partial charge in [-0.05, 0) is 90.1 Å². The van der Waals surface area contributed by atoms with Crippen molar-refractivity contribution in [2.45, 2.75) is 51.9 Å². The van der Waals surface area contributed by atoms with Gasteiger partial charge in [0.1, 0.15) is 5.75 Å². The first-order valence-electron chi connectivity index (χ1n) is 11.7. The normalized spacial score (nSPS) is 16.1. The Morgan fingerprint density at radius 1 is 1.00 bits per heavy atom. The summed E-state index contributed by atoms with van der Waals surface area (Å²) in [6, 6.07) is 13.6. The number of rotatable bonds is 9. The Morgan fingerprint density at radius 3 is 2.42 bits per heavy atom. The standard InChI is InChI=1S/C26H28F3N5O2/c1-16-6-8-18(9-7-16)20-15-21(30-25(35)23(20)24-31-33-34-32-24)19-10-11-22(17(2)14-19)36-13-5-3-4-12-26(27,28)29/h6-11,14-15,25,30,35H,3-5,12-13H2,1-2H3,(H,31,32,33,34). The molecule has 1 aliphatic heterocycles. The molecular formula is C26H28F3N5O2. The zero-order valence-electron chi connectivity index (χ0n) is 20.1. The molecule has 0 radical (unpaired) electrons. The highest BCUT2D eigenvalue weighted by Crippen LogP contribution is 2.35. The van der Waals surface area contributed by atoms with Gasteiger partial charge < -0.3 is 15.2 Å². The molecule has 3 N–H and O–H groups in total. The van der Waals surface area contributed by atoms with Crippen molar-refractivity contribution in [1.82, 2.24) is 25.9 Å². The summed E-state index contributed by atoms with van der Waals surface area (Å²) in [6.45, 7) is 4.27. The van der Waals surface area contributed by atoms with Crippen molar-refractivity contribution in [3.05, 3.63) is 76.6 Å². The third-order valence-corrected chi connectivity index (χ3v) is 5.96. The highest BCUT2D eigenvalue weighted by molar-refractivity contribution is 6.01. The average Bonchev–Trinajstić information content (AvgIpc) is 3.36. The first-order chi connectivity index (χ1) is 17.2. The number of aromatic amines is 1. The van der Waals surface area contributed by atoms with E-state index in [1.165, 1.54) is 0 Å². The molecule has 10 heteroatoms. The van der Waals surface area contributed by atoms with Crippen LogP contribution in [0.25, 0.3) is 16.8 Å². The van der Waals surface area contributed by atoms with Crippen LogP contribution in [-0.2, 0) is 0 Å². The van der Waals surface area contributed by atoms with Crippen molar-refractivity contribution < 1.29 is 23.0 Å². The fourth-order valence-electron chi connectivity index (χ4n) is 4.06. The minimum atomic E-state index is -4.11. The van der Waals surface area contributed by atoms with Crippen molar-refractivity contribution in [3.63, 3.8) is 0 Å². The quantitative estimate of drug-likeness (QED) is 0.351. The van der Waals surface area contributed by atoms with E-state index in [4.69, 9.17) is 4.74 Å². The molecule has 36 heavy (non-hydrogen) atoms. The van der Waals surface area contributed by atoms with Gasteiger partial charge in [-0.1, -0.05) is 29.8 Å². The molecule has 0 saturated heterocycles. The topological polar surface area (TPSA) is 96.0 Å². The molecule has 0 saturated carbocycles. The van der Waals surface area contributed by atoms with E-state index in [0.717, 1.165) is 33.5 Å². The number of nitrogens with zero attached hydrogens (tertiary/aromatic N) is 3. The highest BCUT2D eigenvalue weighted by atomic mass is 19.4. The molecule has 0 amide bonds. The Bertz CT molecular complexity index is 1240. The number of benzene rings is 2. The Kier molecular flexibility index (Phi) is 7.73. The molecule has 1 atom stereocenters. The molecule has 1 aliphatic rings. The predicted molar refractivity (Wildman–Crippen MR) is 130 cm³/mol. The smallest absolute Gasteiger partial charge is 0.389 e. The molecule has 0 spiro atoms. The number of alkyl halides is 3. The number of hydrogen-bond donors (Lipinski definition) is 3. The SMILES string of the molecule is Cc1ccc(C2=C(c3nnn[nH]3)C(O)NC(c3ccc(OCCCCCC(F)(F)F)c(C)c3)=C2)cc1. The molecule has 4 rings (SSSR count). The Balaban J connectivity index is 1.53. The fraction of sp³-hybridized carbons (Fsp3) is 0.346. The van der Waals surface area contributed by atoms with Crippen LogP contribution in [0.3, 0.4) is 0 Å². The molecule has 2 aromatic carbocycles. The molecule has 1 unspecified atom stereocenters. The summed E-state index contributed by atoms with van der Waals surface area (Å²) >= 11 is 0. The first kappa shape index (κ1) is 25.4. The van der Waals surface area contributed by atoms with Gasteiger partial charge in [-0.3, -0.25) is 0 Å². The number of halogens is 3. The summed E-state index contributed by atoms with van der Waals surface area (Å²) in [4.78, 5) is 0. The summed E-state index contributed by atoms with van der Waals surface area (Å²) in [6.07, 6.45) is -2.85. The lowest BCUT2D eigenvalue weighted by Gasteiger charge is -2.26. The van der Waals surface area contributed by atoms with Crippen LogP contribution in [0.15, 0.2) is 48.5 Å². The van der Waals surface area contributed by atoms with Gasteiger partial charge in [-0.25, -0.2) is 5.10 Å². The molecule has 190 valence electrons. The van der Waals surface area contributed by atoms with Gasteiger partial charge in [0.05, 0.1) is 12.2 Å². The van der Waals surface area contributed by atoms with Gasteiger partial charge in [0.15, 0.2) is 12.1 Å². The van der Waals surface area contributed by atoms with Crippen LogP contribution in [0.1, 0.15) is 53.8 Å². The van der Waals surface area contributed by atoms with E-state index in [-0.39, 0.29) is 6.42 Å². The number of H-pyrrole nitrogens is 1. The maximum atomic E-state index is 12.3. The first-order valence-corrected chi connectivity index (χ1v) is 11.7. The third kappa shape index (κ3) is 6.31. The van der Waals surface area contributed by atoms with Crippen LogP contribution in [0.4, 0.5) is 13.2 Å². The maximum Gasteiger partial charge on any atom is 0.389 e. The second-order valence-corrected chi connectivity index (χ2v) is 8.80. The number of tetrazole rings is 1. The van der Waals surface area contributed by atoms with Crippen LogP contribution in [0.2, 0.25) is 0 Å². The number of unbranched alkanes of at least 4 members (excludes halogenated alkanes) is 2. The number of aliphatic hydroxyl groups is 1. The van der Waals surface area contributed by atoms with Crippen LogP contribution < -0.4 is 10.1 Å². The molecule has 1 aromatic heterocycles. The fourth-order valence-corrected chi connectivity index (χ4v) is 4.06. The Morgan fingerprint density at radius 2 is 1.75 bits per heavy atom. The van der Waals surface area contributed by atoms with E-state index in [2.05, 4.69) is 25.9 Å². The van der Waals surface area contributed by atoms with E-state index < -0.39 is 18.8 Å². The van der Waals surface area contributed by atoms with E-state index in [1.807, 2.05) is 62.4 Å². The van der Waals surface area contributed by atoms with Crippen molar-refractivity contribution in [2.75, 3.05) is 6.61 Å². The zero-order chi connectivity index (χ0) is 25.7. The third-order valence-electron chi connectivity index (χ3n) is 5.96. The minimum absolute atomic E-state index is 0.107. The van der Waals surface area contributed by atoms with Crippen LogP contribution in [0.5, 0.6) is 5.75 Å². The number of aliphatic hydroxyl groups excluding tert-OH is 1. The van der Waals surface area contributed by atoms with E-state index in [1.54, 1.807) is 0 Å². The van der Waals surface area contributed by atoms with Crippen LogP contribution in [0, 0.1) is 13.8 Å². The molecule has 0 fully saturated rings. The Hall–Kier alpha value is -3.66. The monoisotopic (exact) mass is 499 g/mol. The van der Waals surface area contributed by atoms with Crippen LogP contribution >= 0.6 is 0 Å². The van der Waals surface area contributed by atoms with Crippen molar-refractivity contribution in [2.24, 2.45) is 0 Å². The predicted octanol–water partition coefficient (Wildman–Crippen LogP) is 5.19. The molecule has 3 aromatic rings. The lowest BCUT2D eigenvalue weighted by atomic mass is 9.92. The number of dihydropyridines is 1. The number of aryl methyl sites for hydroxylation is 2. The van der Waals surface area contributed by atoms with E-state index in [0.29, 0.717) is 36.6 Å². The van der Waals surface area contributed by atoms with Crippen molar-refractivity contribution in [3.8, 4) is 5.75 Å². The number of hydrogen-bond acceptors (Lipinski definition) is 6. The summed E-state index contributed by atoms with van der Waals surface area (Å²) in [5.74, 6) is 1.05. The molecule has 0 bridgehead atoms. The highest BCUT2D eigenvalue weighted by Gasteiger charge is 2.27. The second-order valence-electron chi connectivity index (χ2n) is 8.80. The van der Waals surface area contributed by atoms with E-state index in [9.17, 15) is 18.3 Å². The summed E-state index contributed by atoms with van der Waals surface area (Å²) in [5.41, 5.74) is 5.80. The Labute approximate surface area is 207 Å². The van der Waals surface area contributed by atoms with Gasteiger partial charge in [-0.15, -0.1) is 5.10 Å². The maximum absolute atomic E-state index is 12.3. The average molecular weight is 500 g/mol. The summed E-state index contributed by atoms with van der Waals surface area (Å²) in [7, 11) is 0. The molecular weight excluding hydrogens is 471 g/mol. The molecule has 7 nitrogen and oxygen atoms in total. The van der Waals surface area contributed by atoms with Crippen molar-refractivity contribution >= 4 is 16.8 Å². The van der Waals surface area contributed by atoms with Gasteiger partial charge >= 0.3 is 6.18 Å². The van der Waals surface area contributed by atoms with Gasteiger partial charge in [0.25, 0.3) is 0 Å². The lowest BCUT2D eigenvalue weighted by molar-refractivity contribution is -0.135. The van der Waals surface area contributed by atoms with Gasteiger partial charge in [0, 0.05) is 12.1 Å².